The van der Waals surface area contributed by atoms with Crippen molar-refractivity contribution in [3.05, 3.63) is 74.7 Å². The number of halogens is 1. The summed E-state index contributed by atoms with van der Waals surface area (Å²) in [5, 5.41) is 4.04. The Morgan fingerprint density at radius 2 is 1.90 bits per heavy atom. The van der Waals surface area contributed by atoms with Crippen molar-refractivity contribution in [2.45, 2.75) is 30.3 Å². The number of anilines is 1. The molecule has 0 aliphatic carbocycles. The largest absolute Gasteiger partial charge is 0.325 e. The second-order valence-electron chi connectivity index (χ2n) is 7.10. The van der Waals surface area contributed by atoms with Crippen LogP contribution in [-0.2, 0) is 11.2 Å². The number of rotatable bonds is 5. The van der Waals surface area contributed by atoms with Crippen LogP contribution in [0.5, 0.6) is 0 Å². The van der Waals surface area contributed by atoms with Crippen molar-refractivity contribution in [2.24, 2.45) is 0 Å². The van der Waals surface area contributed by atoms with Crippen LogP contribution < -0.4 is 10.9 Å². The van der Waals surface area contributed by atoms with E-state index in [-0.39, 0.29) is 17.2 Å². The van der Waals surface area contributed by atoms with Crippen molar-refractivity contribution < 1.29 is 4.79 Å². The maximum atomic E-state index is 13.1. The molecule has 8 heteroatoms. The maximum absolute atomic E-state index is 13.1. The number of nitrogens with zero attached hydrogens (tertiary/aromatic N) is 2. The van der Waals surface area contributed by atoms with Gasteiger partial charge in [-0.3, -0.25) is 14.2 Å². The number of aryl methyl sites for hydroxylation is 3. The zero-order valence-corrected chi connectivity index (χ0v) is 19.0. The van der Waals surface area contributed by atoms with Gasteiger partial charge in [-0.25, -0.2) is 4.98 Å². The summed E-state index contributed by atoms with van der Waals surface area (Å²) in [5.41, 5.74) is 4.35. The number of fused-ring (bicyclic) bond motifs is 1. The van der Waals surface area contributed by atoms with Crippen molar-refractivity contribution in [1.29, 1.82) is 0 Å². The van der Waals surface area contributed by atoms with Gasteiger partial charge < -0.3 is 5.32 Å². The van der Waals surface area contributed by atoms with E-state index < -0.39 is 0 Å². The molecule has 1 aliphatic heterocycles. The molecular formula is C22H20ClN3O2S2. The highest BCUT2D eigenvalue weighted by atomic mass is 35.5. The van der Waals surface area contributed by atoms with E-state index in [1.807, 2.05) is 26.0 Å². The van der Waals surface area contributed by atoms with Gasteiger partial charge in [-0.05, 0) is 61.4 Å². The van der Waals surface area contributed by atoms with Crippen LogP contribution in [0, 0.1) is 13.8 Å². The van der Waals surface area contributed by atoms with E-state index in [0.29, 0.717) is 20.8 Å². The van der Waals surface area contributed by atoms with Crippen LogP contribution in [0.1, 0.15) is 16.8 Å². The van der Waals surface area contributed by atoms with Crippen LogP contribution in [-0.4, -0.2) is 27.0 Å². The third-order valence-corrected chi connectivity index (χ3v) is 6.89. The lowest BCUT2D eigenvalue weighted by atomic mass is 10.1. The smallest absolute Gasteiger partial charge is 0.272 e. The average molecular weight is 458 g/mol. The Balaban J connectivity index is 1.60. The molecule has 2 heterocycles. The molecule has 30 heavy (non-hydrogen) atoms. The number of hydrogen-bond acceptors (Lipinski definition) is 5. The van der Waals surface area contributed by atoms with Crippen molar-refractivity contribution in [1.82, 2.24) is 9.55 Å². The van der Waals surface area contributed by atoms with Gasteiger partial charge in [0.25, 0.3) is 5.56 Å². The molecule has 0 saturated carbocycles. The molecule has 1 aromatic heterocycles. The molecule has 5 nitrogen and oxygen atoms in total. The summed E-state index contributed by atoms with van der Waals surface area (Å²) in [4.78, 5) is 31.1. The number of hydrogen-bond donors (Lipinski definition) is 1. The van der Waals surface area contributed by atoms with Gasteiger partial charge in [0.2, 0.25) is 5.91 Å². The molecule has 0 radical (unpaired) electrons. The molecule has 154 valence electrons. The number of benzene rings is 2. The molecular weight excluding hydrogens is 438 g/mol. The Morgan fingerprint density at radius 1 is 1.20 bits per heavy atom. The highest BCUT2D eigenvalue weighted by molar-refractivity contribution is 8.00. The van der Waals surface area contributed by atoms with Crippen LogP contribution in [0.25, 0.3) is 5.69 Å². The number of aromatic nitrogens is 2. The highest BCUT2D eigenvalue weighted by Crippen LogP contribution is 2.30. The average Bonchev–Trinajstić information content (AvgIpc) is 3.16. The van der Waals surface area contributed by atoms with Crippen LogP contribution in [0.3, 0.4) is 0 Å². The number of amides is 1. The van der Waals surface area contributed by atoms with Gasteiger partial charge in [0.05, 0.1) is 22.0 Å². The molecule has 2 aromatic carbocycles. The minimum absolute atomic E-state index is 0.0953. The molecule has 3 aromatic rings. The van der Waals surface area contributed by atoms with Crippen LogP contribution in [0.4, 0.5) is 5.69 Å². The first-order chi connectivity index (χ1) is 14.4. The fraction of sp³-hybridized carbons (Fsp3) is 0.227. The lowest BCUT2D eigenvalue weighted by Crippen LogP contribution is -2.24. The number of carbonyl (C=O) groups is 1. The monoisotopic (exact) mass is 457 g/mol. The minimum atomic E-state index is -0.142. The van der Waals surface area contributed by atoms with Gasteiger partial charge in [-0.1, -0.05) is 29.4 Å². The quantitative estimate of drug-likeness (QED) is 0.437. The molecule has 0 spiro atoms. The van der Waals surface area contributed by atoms with Crippen molar-refractivity contribution in [3.8, 4) is 5.69 Å². The Kier molecular flexibility index (Phi) is 6.22. The summed E-state index contributed by atoms with van der Waals surface area (Å²) >= 11 is 8.80. The summed E-state index contributed by atoms with van der Waals surface area (Å²) in [5.74, 6) is 0.857. The third kappa shape index (κ3) is 4.58. The Morgan fingerprint density at radius 3 is 2.60 bits per heavy atom. The minimum Gasteiger partial charge on any atom is -0.325 e. The lowest BCUT2D eigenvalue weighted by Gasteiger charge is -2.14. The third-order valence-electron chi connectivity index (χ3n) is 4.59. The van der Waals surface area contributed by atoms with Crippen LogP contribution in [0.2, 0.25) is 5.02 Å². The molecule has 0 bridgehead atoms. The van der Waals surface area contributed by atoms with E-state index in [1.54, 1.807) is 28.8 Å². The molecule has 4 rings (SSSR count). The van der Waals surface area contributed by atoms with Crippen molar-refractivity contribution in [2.75, 3.05) is 16.8 Å². The van der Waals surface area contributed by atoms with Crippen LogP contribution >= 0.6 is 35.1 Å². The first-order valence-corrected chi connectivity index (χ1v) is 11.8. The van der Waals surface area contributed by atoms with Crippen molar-refractivity contribution >= 4 is 46.7 Å². The second kappa shape index (κ2) is 8.88. The first-order valence-electron chi connectivity index (χ1n) is 9.46. The zero-order valence-electron chi connectivity index (χ0n) is 16.6. The van der Waals surface area contributed by atoms with Gasteiger partial charge in [0, 0.05) is 22.9 Å². The normalized spacial score (nSPS) is 12.6. The fourth-order valence-corrected chi connectivity index (χ4v) is 5.36. The van der Waals surface area contributed by atoms with E-state index in [4.69, 9.17) is 16.6 Å². The standard InChI is InChI=1S/C22H20ClN3O2S2/c1-13-9-14(2)11-16(10-13)24-19(27)12-30-22-25-18-7-8-29-20(18)21(28)26(22)17-5-3-15(23)4-6-17/h3-6,9-11H,7-8,12H2,1-2H3,(H,24,27). The predicted octanol–water partition coefficient (Wildman–Crippen LogP) is 4.88. The van der Waals surface area contributed by atoms with E-state index in [9.17, 15) is 9.59 Å². The Hall–Kier alpha value is -2.22. The predicted molar refractivity (Wildman–Crippen MR) is 125 cm³/mol. The lowest BCUT2D eigenvalue weighted by molar-refractivity contribution is -0.113. The first kappa shape index (κ1) is 21.0. The Bertz CT molecular complexity index is 1160. The molecule has 0 unspecified atom stereocenters. The molecule has 1 amide bonds. The number of nitrogens with one attached hydrogen (secondary N) is 1. The summed E-state index contributed by atoms with van der Waals surface area (Å²) in [6, 6.07) is 13.0. The molecule has 0 atom stereocenters. The van der Waals surface area contributed by atoms with Gasteiger partial charge in [0.15, 0.2) is 5.16 Å². The molecule has 1 N–H and O–H groups in total. The van der Waals surface area contributed by atoms with Crippen LogP contribution in [0.15, 0.2) is 57.3 Å². The summed E-state index contributed by atoms with van der Waals surface area (Å²) < 4.78 is 1.57. The Labute approximate surface area is 188 Å². The molecule has 0 saturated heterocycles. The van der Waals surface area contributed by atoms with Gasteiger partial charge in [-0.2, -0.15) is 0 Å². The zero-order chi connectivity index (χ0) is 21.3. The second-order valence-corrected chi connectivity index (χ2v) is 9.58. The topological polar surface area (TPSA) is 64.0 Å². The van der Waals surface area contributed by atoms with Gasteiger partial charge >= 0.3 is 0 Å². The molecule has 0 fully saturated rings. The number of thioether (sulfide) groups is 2. The maximum Gasteiger partial charge on any atom is 0.272 e. The fourth-order valence-electron chi connectivity index (χ4n) is 3.38. The summed E-state index contributed by atoms with van der Waals surface area (Å²) in [7, 11) is 0. The SMILES string of the molecule is Cc1cc(C)cc(NC(=O)CSc2nc3c(c(=O)n2-c2ccc(Cl)cc2)SCC3)c1. The summed E-state index contributed by atoms with van der Waals surface area (Å²) in [6.45, 7) is 3.99. The van der Waals surface area contributed by atoms with E-state index in [1.165, 1.54) is 23.5 Å². The van der Waals surface area contributed by atoms with E-state index >= 15 is 0 Å². The molecule has 1 aliphatic rings. The van der Waals surface area contributed by atoms with E-state index in [0.717, 1.165) is 34.7 Å². The number of carbonyl (C=O) groups excluding carboxylic acids is 1. The van der Waals surface area contributed by atoms with Crippen molar-refractivity contribution in [3.63, 3.8) is 0 Å². The van der Waals surface area contributed by atoms with Gasteiger partial charge in [-0.15, -0.1) is 11.8 Å². The van der Waals surface area contributed by atoms with Gasteiger partial charge in [0.1, 0.15) is 0 Å². The van der Waals surface area contributed by atoms with E-state index in [2.05, 4.69) is 11.4 Å². The highest BCUT2D eigenvalue weighted by Gasteiger charge is 2.23. The summed E-state index contributed by atoms with van der Waals surface area (Å²) in [6.07, 6.45) is 0.763.